The molecule has 2 nitrogen and oxygen atoms in total. The Morgan fingerprint density at radius 1 is 1.16 bits per heavy atom. The fraction of sp³-hybridized carbons (Fsp3) is 0.0667. The Labute approximate surface area is 114 Å². The summed E-state index contributed by atoms with van der Waals surface area (Å²) < 4.78 is 20.1. The van der Waals surface area contributed by atoms with Crippen LogP contribution in [0.25, 0.3) is 10.1 Å². The zero-order chi connectivity index (χ0) is 13.2. The van der Waals surface area contributed by atoms with Gasteiger partial charge in [0, 0.05) is 16.3 Å². The molecule has 0 amide bonds. The first-order chi connectivity index (χ1) is 9.24. The van der Waals surface area contributed by atoms with Gasteiger partial charge in [-0.3, -0.25) is 0 Å². The zero-order valence-corrected chi connectivity index (χ0v) is 10.9. The molecule has 96 valence electrons. The van der Waals surface area contributed by atoms with Crippen LogP contribution in [0.5, 0.6) is 5.75 Å². The van der Waals surface area contributed by atoms with Gasteiger partial charge < -0.3 is 10.5 Å². The minimum Gasteiger partial charge on any atom is -0.489 e. The van der Waals surface area contributed by atoms with E-state index in [0.29, 0.717) is 12.4 Å². The van der Waals surface area contributed by atoms with Gasteiger partial charge in [0.25, 0.3) is 0 Å². The van der Waals surface area contributed by atoms with Crippen molar-refractivity contribution in [3.63, 3.8) is 0 Å². The molecular weight excluding hydrogens is 261 g/mol. The van der Waals surface area contributed by atoms with Gasteiger partial charge in [-0.05, 0) is 29.0 Å². The predicted molar refractivity (Wildman–Crippen MR) is 77.0 cm³/mol. The molecule has 0 aliphatic rings. The SMILES string of the molecule is Nc1ccc(OCc2csc3ccccc23)cc1F. The van der Waals surface area contributed by atoms with Crippen LogP contribution in [0.1, 0.15) is 5.56 Å². The number of hydrogen-bond acceptors (Lipinski definition) is 3. The zero-order valence-electron chi connectivity index (χ0n) is 10.1. The lowest BCUT2D eigenvalue weighted by atomic mass is 10.2. The van der Waals surface area contributed by atoms with Crippen molar-refractivity contribution >= 4 is 27.1 Å². The third-order valence-electron chi connectivity index (χ3n) is 2.93. The van der Waals surface area contributed by atoms with Crippen LogP contribution in [-0.2, 0) is 6.61 Å². The molecule has 0 atom stereocenters. The maximum Gasteiger partial charge on any atom is 0.149 e. The van der Waals surface area contributed by atoms with E-state index in [-0.39, 0.29) is 5.69 Å². The molecule has 3 aromatic rings. The summed E-state index contributed by atoms with van der Waals surface area (Å²) >= 11 is 1.68. The van der Waals surface area contributed by atoms with E-state index in [1.807, 2.05) is 12.1 Å². The maximum absolute atomic E-state index is 13.3. The molecule has 0 unspecified atom stereocenters. The molecular formula is C15H12FNOS. The summed E-state index contributed by atoms with van der Waals surface area (Å²) in [6.45, 7) is 0.424. The lowest BCUT2D eigenvalue weighted by Crippen LogP contribution is -1.96. The van der Waals surface area contributed by atoms with Crippen molar-refractivity contribution in [1.29, 1.82) is 0 Å². The van der Waals surface area contributed by atoms with E-state index in [1.54, 1.807) is 17.4 Å². The Bertz CT molecular complexity index is 723. The van der Waals surface area contributed by atoms with Crippen LogP contribution < -0.4 is 10.5 Å². The van der Waals surface area contributed by atoms with Crippen molar-refractivity contribution in [3.05, 3.63) is 59.2 Å². The second-order valence-electron chi connectivity index (χ2n) is 4.23. The minimum atomic E-state index is -0.451. The third kappa shape index (κ3) is 2.39. The Hall–Kier alpha value is -2.07. The second-order valence-corrected chi connectivity index (χ2v) is 5.14. The molecule has 0 aliphatic heterocycles. The number of halogens is 1. The maximum atomic E-state index is 13.3. The molecule has 2 aromatic carbocycles. The van der Waals surface area contributed by atoms with Gasteiger partial charge in [-0.15, -0.1) is 11.3 Å². The molecule has 0 aliphatic carbocycles. The molecule has 4 heteroatoms. The van der Waals surface area contributed by atoms with Crippen molar-refractivity contribution < 1.29 is 9.13 Å². The van der Waals surface area contributed by atoms with E-state index in [1.165, 1.54) is 22.2 Å². The fourth-order valence-corrected chi connectivity index (χ4v) is 2.85. The summed E-state index contributed by atoms with van der Waals surface area (Å²) in [5, 5.41) is 3.25. The number of rotatable bonds is 3. The van der Waals surface area contributed by atoms with Gasteiger partial charge in [0.05, 0.1) is 5.69 Å². The molecule has 0 spiro atoms. The molecule has 0 fully saturated rings. The highest BCUT2D eigenvalue weighted by atomic mass is 32.1. The van der Waals surface area contributed by atoms with Gasteiger partial charge in [-0.25, -0.2) is 4.39 Å². The van der Waals surface area contributed by atoms with Crippen LogP contribution in [0, 0.1) is 5.82 Å². The van der Waals surface area contributed by atoms with Gasteiger partial charge >= 0.3 is 0 Å². The van der Waals surface area contributed by atoms with Crippen LogP contribution in [0.3, 0.4) is 0 Å². The molecule has 0 radical (unpaired) electrons. The molecule has 19 heavy (non-hydrogen) atoms. The number of fused-ring (bicyclic) bond motifs is 1. The van der Waals surface area contributed by atoms with Crippen molar-refractivity contribution in [3.8, 4) is 5.75 Å². The van der Waals surface area contributed by atoms with Crippen LogP contribution in [0.15, 0.2) is 47.8 Å². The number of anilines is 1. The van der Waals surface area contributed by atoms with E-state index in [9.17, 15) is 4.39 Å². The van der Waals surface area contributed by atoms with Crippen LogP contribution >= 0.6 is 11.3 Å². The lowest BCUT2D eigenvalue weighted by Gasteiger charge is -2.06. The predicted octanol–water partition coefficient (Wildman–Crippen LogP) is 4.20. The topological polar surface area (TPSA) is 35.2 Å². The average molecular weight is 273 g/mol. The minimum absolute atomic E-state index is 0.133. The summed E-state index contributed by atoms with van der Waals surface area (Å²) in [4.78, 5) is 0. The van der Waals surface area contributed by atoms with Crippen molar-refractivity contribution in [2.45, 2.75) is 6.61 Å². The summed E-state index contributed by atoms with van der Waals surface area (Å²) in [6, 6.07) is 12.6. The highest BCUT2D eigenvalue weighted by Gasteiger charge is 2.05. The Balaban J connectivity index is 1.80. The first-order valence-corrected chi connectivity index (χ1v) is 6.75. The highest BCUT2D eigenvalue weighted by molar-refractivity contribution is 7.17. The van der Waals surface area contributed by atoms with Crippen LogP contribution in [-0.4, -0.2) is 0 Å². The van der Waals surface area contributed by atoms with Gasteiger partial charge in [0.2, 0.25) is 0 Å². The van der Waals surface area contributed by atoms with Gasteiger partial charge in [-0.2, -0.15) is 0 Å². The monoisotopic (exact) mass is 273 g/mol. The molecule has 0 saturated carbocycles. The summed E-state index contributed by atoms with van der Waals surface area (Å²) in [7, 11) is 0. The normalized spacial score (nSPS) is 10.8. The molecule has 2 N–H and O–H groups in total. The molecule has 0 saturated heterocycles. The number of nitrogen functional groups attached to an aromatic ring is 1. The summed E-state index contributed by atoms with van der Waals surface area (Å²) in [5.74, 6) is 0.0367. The Morgan fingerprint density at radius 3 is 2.84 bits per heavy atom. The summed E-state index contributed by atoms with van der Waals surface area (Å²) in [5.41, 5.74) is 6.67. The average Bonchev–Trinajstić information content (AvgIpc) is 2.83. The van der Waals surface area contributed by atoms with Crippen molar-refractivity contribution in [1.82, 2.24) is 0 Å². The number of benzene rings is 2. The first-order valence-electron chi connectivity index (χ1n) is 5.87. The van der Waals surface area contributed by atoms with Crippen molar-refractivity contribution in [2.75, 3.05) is 5.73 Å². The van der Waals surface area contributed by atoms with Crippen LogP contribution in [0.2, 0.25) is 0 Å². The van der Waals surface area contributed by atoms with E-state index in [0.717, 1.165) is 5.56 Å². The van der Waals surface area contributed by atoms with Gasteiger partial charge in [-0.1, -0.05) is 18.2 Å². The molecule has 0 bridgehead atoms. The molecule has 1 aromatic heterocycles. The number of nitrogens with two attached hydrogens (primary N) is 1. The molecule has 3 rings (SSSR count). The fourth-order valence-electron chi connectivity index (χ4n) is 1.90. The standard InChI is InChI=1S/C15H12FNOS/c16-13-7-11(5-6-14(13)17)18-8-10-9-19-15-4-2-1-3-12(10)15/h1-7,9H,8,17H2. The number of hydrogen-bond donors (Lipinski definition) is 1. The van der Waals surface area contributed by atoms with Gasteiger partial charge in [0.15, 0.2) is 0 Å². The van der Waals surface area contributed by atoms with Crippen molar-refractivity contribution in [2.24, 2.45) is 0 Å². The largest absolute Gasteiger partial charge is 0.489 e. The second kappa shape index (κ2) is 4.90. The van der Waals surface area contributed by atoms with Gasteiger partial charge in [0.1, 0.15) is 18.2 Å². The summed E-state index contributed by atoms with van der Waals surface area (Å²) in [6.07, 6.45) is 0. The first kappa shape index (κ1) is 12.0. The highest BCUT2D eigenvalue weighted by Crippen LogP contribution is 2.27. The van der Waals surface area contributed by atoms with E-state index < -0.39 is 5.82 Å². The molecule has 1 heterocycles. The van der Waals surface area contributed by atoms with E-state index in [2.05, 4.69) is 17.5 Å². The third-order valence-corrected chi connectivity index (χ3v) is 3.94. The lowest BCUT2D eigenvalue weighted by molar-refractivity contribution is 0.306. The Kier molecular flexibility index (Phi) is 3.09. The van der Waals surface area contributed by atoms with E-state index >= 15 is 0 Å². The Morgan fingerprint density at radius 2 is 2.00 bits per heavy atom. The number of thiophene rings is 1. The smallest absolute Gasteiger partial charge is 0.149 e. The van der Waals surface area contributed by atoms with Crippen LogP contribution in [0.4, 0.5) is 10.1 Å². The van der Waals surface area contributed by atoms with E-state index in [4.69, 9.17) is 10.5 Å². The number of ether oxygens (including phenoxy) is 1. The quantitative estimate of drug-likeness (QED) is 0.726.